The maximum absolute atomic E-state index is 11.2. The highest BCUT2D eigenvalue weighted by molar-refractivity contribution is 5.87. The van der Waals surface area contributed by atoms with E-state index in [0.717, 1.165) is 25.9 Å². The fourth-order valence-electron chi connectivity index (χ4n) is 1.20. The normalized spacial score (nSPS) is 21.4. The number of rotatable bonds is 6. The Hall–Kier alpha value is -0.830. The molecule has 1 aliphatic rings. The minimum Gasteiger partial charge on any atom is -0.459 e. The largest absolute Gasteiger partial charge is 0.459 e. The van der Waals surface area contributed by atoms with Crippen LogP contribution in [-0.4, -0.2) is 24.8 Å². The number of ether oxygens (including phenoxy) is 2. The molecule has 1 saturated heterocycles. The molecule has 2 atom stereocenters. The highest BCUT2D eigenvalue weighted by Gasteiger charge is 2.24. The molecule has 0 aliphatic carbocycles. The average molecular weight is 198 g/mol. The Bertz CT molecular complexity index is 219. The standard InChI is InChI=1S/C11H18O3/c1-4-9(5-6-10-7-13-10)14-11(12)8(2)3/h9-10H,2,4-7H2,1,3H3. The topological polar surface area (TPSA) is 38.8 Å². The molecule has 0 aromatic heterocycles. The average Bonchev–Trinajstić information content (AvgIpc) is 2.95. The van der Waals surface area contributed by atoms with Crippen LogP contribution < -0.4 is 0 Å². The number of carbonyl (C=O) groups is 1. The van der Waals surface area contributed by atoms with Crippen LogP contribution in [0.1, 0.15) is 33.1 Å². The van der Waals surface area contributed by atoms with Crippen molar-refractivity contribution in [2.45, 2.75) is 45.3 Å². The second kappa shape index (κ2) is 5.15. The van der Waals surface area contributed by atoms with Crippen molar-refractivity contribution in [3.63, 3.8) is 0 Å². The zero-order valence-corrected chi connectivity index (χ0v) is 8.91. The smallest absolute Gasteiger partial charge is 0.333 e. The molecule has 1 aliphatic heterocycles. The summed E-state index contributed by atoms with van der Waals surface area (Å²) >= 11 is 0. The lowest BCUT2D eigenvalue weighted by molar-refractivity contribution is -0.144. The molecule has 0 bridgehead atoms. The van der Waals surface area contributed by atoms with Gasteiger partial charge in [-0.1, -0.05) is 13.5 Å². The van der Waals surface area contributed by atoms with Gasteiger partial charge in [0.1, 0.15) is 6.10 Å². The molecule has 1 rings (SSSR count). The van der Waals surface area contributed by atoms with Crippen LogP contribution in [-0.2, 0) is 14.3 Å². The van der Waals surface area contributed by atoms with Gasteiger partial charge in [-0.25, -0.2) is 4.79 Å². The van der Waals surface area contributed by atoms with Gasteiger partial charge >= 0.3 is 5.97 Å². The summed E-state index contributed by atoms with van der Waals surface area (Å²) in [5, 5.41) is 0. The van der Waals surface area contributed by atoms with E-state index in [1.807, 2.05) is 6.92 Å². The summed E-state index contributed by atoms with van der Waals surface area (Å²) < 4.78 is 10.3. The van der Waals surface area contributed by atoms with Crippen molar-refractivity contribution >= 4 is 5.97 Å². The summed E-state index contributed by atoms with van der Waals surface area (Å²) in [5.74, 6) is -0.284. The summed E-state index contributed by atoms with van der Waals surface area (Å²) in [5.41, 5.74) is 0.464. The van der Waals surface area contributed by atoms with Gasteiger partial charge in [-0.3, -0.25) is 0 Å². The van der Waals surface area contributed by atoms with E-state index in [9.17, 15) is 4.79 Å². The van der Waals surface area contributed by atoms with Crippen LogP contribution in [0.15, 0.2) is 12.2 Å². The fraction of sp³-hybridized carbons (Fsp3) is 0.727. The summed E-state index contributed by atoms with van der Waals surface area (Å²) in [6, 6.07) is 0. The van der Waals surface area contributed by atoms with E-state index in [2.05, 4.69) is 6.58 Å². The molecule has 0 N–H and O–H groups in total. The van der Waals surface area contributed by atoms with Crippen molar-refractivity contribution in [2.75, 3.05) is 6.61 Å². The summed E-state index contributed by atoms with van der Waals surface area (Å²) in [4.78, 5) is 11.2. The molecule has 0 aromatic rings. The second-order valence-electron chi connectivity index (χ2n) is 3.75. The van der Waals surface area contributed by atoms with Crippen LogP contribution in [0.25, 0.3) is 0 Å². The molecule has 3 heteroatoms. The molecule has 0 aromatic carbocycles. The number of hydrogen-bond donors (Lipinski definition) is 0. The Morgan fingerprint density at radius 2 is 2.36 bits per heavy atom. The van der Waals surface area contributed by atoms with Gasteiger partial charge in [0, 0.05) is 5.57 Å². The molecular formula is C11H18O3. The Morgan fingerprint density at radius 1 is 1.71 bits per heavy atom. The van der Waals surface area contributed by atoms with E-state index in [1.165, 1.54) is 0 Å². The maximum atomic E-state index is 11.2. The molecule has 0 saturated carbocycles. The Morgan fingerprint density at radius 3 is 2.79 bits per heavy atom. The third-order valence-corrected chi connectivity index (χ3v) is 2.29. The van der Waals surface area contributed by atoms with Crippen molar-refractivity contribution in [1.82, 2.24) is 0 Å². The van der Waals surface area contributed by atoms with Gasteiger partial charge in [0.2, 0.25) is 0 Å². The maximum Gasteiger partial charge on any atom is 0.333 e. The third kappa shape index (κ3) is 3.92. The zero-order valence-electron chi connectivity index (χ0n) is 8.91. The van der Waals surface area contributed by atoms with Gasteiger partial charge in [0.25, 0.3) is 0 Å². The molecule has 0 amide bonds. The Balaban J connectivity index is 2.22. The lowest BCUT2D eigenvalue weighted by Crippen LogP contribution is -2.18. The van der Waals surface area contributed by atoms with Crippen molar-refractivity contribution in [3.05, 3.63) is 12.2 Å². The van der Waals surface area contributed by atoms with E-state index in [4.69, 9.17) is 9.47 Å². The van der Waals surface area contributed by atoms with Crippen molar-refractivity contribution in [2.24, 2.45) is 0 Å². The van der Waals surface area contributed by atoms with Crippen molar-refractivity contribution in [1.29, 1.82) is 0 Å². The van der Waals surface area contributed by atoms with Gasteiger partial charge in [-0.2, -0.15) is 0 Å². The minimum absolute atomic E-state index is 0.0170. The van der Waals surface area contributed by atoms with Gasteiger partial charge in [0.05, 0.1) is 12.7 Å². The summed E-state index contributed by atoms with van der Waals surface area (Å²) in [6.45, 7) is 8.10. The van der Waals surface area contributed by atoms with Crippen LogP contribution in [0.2, 0.25) is 0 Å². The SMILES string of the molecule is C=C(C)C(=O)OC(CC)CCC1CO1. The van der Waals surface area contributed by atoms with Gasteiger partial charge in [-0.15, -0.1) is 0 Å². The molecule has 0 radical (unpaired) electrons. The first kappa shape index (κ1) is 11.2. The predicted octanol–water partition coefficient (Wildman–Crippen LogP) is 2.06. The van der Waals surface area contributed by atoms with Crippen LogP contribution in [0.5, 0.6) is 0 Å². The van der Waals surface area contributed by atoms with E-state index < -0.39 is 0 Å². The predicted molar refractivity (Wildman–Crippen MR) is 54.0 cm³/mol. The van der Waals surface area contributed by atoms with E-state index in [0.29, 0.717) is 11.7 Å². The van der Waals surface area contributed by atoms with Crippen LogP contribution in [0.4, 0.5) is 0 Å². The highest BCUT2D eigenvalue weighted by Crippen LogP contribution is 2.19. The molecular weight excluding hydrogens is 180 g/mol. The molecule has 2 unspecified atom stereocenters. The monoisotopic (exact) mass is 198 g/mol. The van der Waals surface area contributed by atoms with Crippen LogP contribution >= 0.6 is 0 Å². The third-order valence-electron chi connectivity index (χ3n) is 2.29. The lowest BCUT2D eigenvalue weighted by atomic mass is 10.1. The van der Waals surface area contributed by atoms with Gasteiger partial charge in [0.15, 0.2) is 0 Å². The first-order valence-electron chi connectivity index (χ1n) is 5.11. The quantitative estimate of drug-likeness (QED) is 0.372. The van der Waals surface area contributed by atoms with Crippen molar-refractivity contribution < 1.29 is 14.3 Å². The molecule has 1 heterocycles. The number of esters is 1. The molecule has 1 fully saturated rings. The van der Waals surface area contributed by atoms with E-state index in [1.54, 1.807) is 6.92 Å². The van der Waals surface area contributed by atoms with Crippen molar-refractivity contribution in [3.8, 4) is 0 Å². The number of epoxide rings is 1. The highest BCUT2D eigenvalue weighted by atomic mass is 16.6. The summed E-state index contributed by atoms with van der Waals surface area (Å²) in [6.07, 6.45) is 3.16. The van der Waals surface area contributed by atoms with E-state index in [-0.39, 0.29) is 12.1 Å². The lowest BCUT2D eigenvalue weighted by Gasteiger charge is -2.15. The number of hydrogen-bond acceptors (Lipinski definition) is 3. The van der Waals surface area contributed by atoms with E-state index >= 15 is 0 Å². The first-order chi connectivity index (χ1) is 6.63. The Labute approximate surface area is 85.1 Å². The number of carbonyl (C=O) groups excluding carboxylic acids is 1. The van der Waals surface area contributed by atoms with Gasteiger partial charge in [-0.05, 0) is 26.2 Å². The first-order valence-corrected chi connectivity index (χ1v) is 5.11. The Kier molecular flexibility index (Phi) is 4.14. The van der Waals surface area contributed by atoms with Crippen LogP contribution in [0.3, 0.4) is 0 Å². The molecule has 3 nitrogen and oxygen atoms in total. The minimum atomic E-state index is -0.284. The molecule has 80 valence electrons. The molecule has 0 spiro atoms. The molecule has 14 heavy (non-hydrogen) atoms. The summed E-state index contributed by atoms with van der Waals surface area (Å²) in [7, 11) is 0. The fourth-order valence-corrected chi connectivity index (χ4v) is 1.20. The van der Waals surface area contributed by atoms with Crippen LogP contribution in [0, 0.1) is 0 Å². The van der Waals surface area contributed by atoms with Gasteiger partial charge < -0.3 is 9.47 Å². The zero-order chi connectivity index (χ0) is 10.6. The second-order valence-corrected chi connectivity index (χ2v) is 3.75.